The van der Waals surface area contributed by atoms with Crippen LogP contribution in [-0.2, 0) is 6.42 Å². The van der Waals surface area contributed by atoms with Gasteiger partial charge in [0.2, 0.25) is 0 Å². The van der Waals surface area contributed by atoms with Gasteiger partial charge in [-0.05, 0) is 30.7 Å². The molecule has 0 nitrogen and oxygen atoms in total. The quantitative estimate of drug-likeness (QED) is 0.511. The number of benzene rings is 1. The van der Waals surface area contributed by atoms with Gasteiger partial charge in [-0.15, -0.1) is 12.3 Å². The molecule has 0 heterocycles. The summed E-state index contributed by atoms with van der Waals surface area (Å²) in [6.07, 6.45) is 8.70. The summed E-state index contributed by atoms with van der Waals surface area (Å²) >= 11 is 0. The summed E-state index contributed by atoms with van der Waals surface area (Å²) in [7, 11) is 0. The molecular weight excluding hydrogens is 180 g/mol. The molecule has 1 saturated carbocycles. The Morgan fingerprint density at radius 3 is 2.73 bits per heavy atom. The van der Waals surface area contributed by atoms with Crippen molar-refractivity contribution in [3.8, 4) is 12.3 Å². The number of rotatable bonds is 4. The Bertz CT molecular complexity index is 380. The van der Waals surface area contributed by atoms with E-state index in [4.69, 9.17) is 6.42 Å². The van der Waals surface area contributed by atoms with E-state index in [1.54, 1.807) is 0 Å². The molecule has 0 unspecified atom stereocenters. The number of aryl methyl sites for hydroxylation is 1. The van der Waals surface area contributed by atoms with Crippen LogP contribution in [0.25, 0.3) is 0 Å². The van der Waals surface area contributed by atoms with Gasteiger partial charge in [0.05, 0.1) is 0 Å². The molecule has 2 atom stereocenters. The minimum Gasteiger partial charge on any atom is -0.120 e. The maximum Gasteiger partial charge on any atom is 0.0272 e. The van der Waals surface area contributed by atoms with E-state index in [2.05, 4.69) is 36.8 Å². The summed E-state index contributed by atoms with van der Waals surface area (Å²) in [5.74, 6) is 3.90. The van der Waals surface area contributed by atoms with Crippen molar-refractivity contribution >= 4 is 0 Å². The van der Waals surface area contributed by atoms with Crippen molar-refractivity contribution in [1.82, 2.24) is 0 Å². The fourth-order valence-corrected chi connectivity index (χ4v) is 1.97. The Labute approximate surface area is 92.0 Å². The summed E-state index contributed by atoms with van der Waals surface area (Å²) in [4.78, 5) is 0. The second-order valence-electron chi connectivity index (χ2n) is 4.26. The van der Waals surface area contributed by atoms with E-state index in [0.29, 0.717) is 11.8 Å². The third-order valence-corrected chi connectivity index (χ3v) is 3.11. The van der Waals surface area contributed by atoms with Crippen molar-refractivity contribution in [3.63, 3.8) is 0 Å². The molecule has 2 rings (SSSR count). The minimum absolute atomic E-state index is 0.480. The molecule has 0 bridgehead atoms. The third kappa shape index (κ3) is 2.50. The van der Waals surface area contributed by atoms with Gasteiger partial charge >= 0.3 is 0 Å². The van der Waals surface area contributed by atoms with Gasteiger partial charge in [-0.3, -0.25) is 0 Å². The zero-order chi connectivity index (χ0) is 10.7. The lowest BCUT2D eigenvalue weighted by molar-refractivity contribution is 0.826. The van der Waals surface area contributed by atoms with E-state index in [1.165, 1.54) is 11.1 Å². The Balaban J connectivity index is 1.80. The van der Waals surface area contributed by atoms with Crippen molar-refractivity contribution < 1.29 is 0 Å². The predicted octanol–water partition coefficient (Wildman–Crippen LogP) is 3.44. The minimum atomic E-state index is 0.480. The fourth-order valence-electron chi connectivity index (χ4n) is 1.97. The molecule has 0 N–H and O–H groups in total. The highest BCUT2D eigenvalue weighted by Crippen LogP contribution is 2.44. The lowest BCUT2D eigenvalue weighted by atomic mass is 10.0. The van der Waals surface area contributed by atoms with E-state index in [-0.39, 0.29) is 0 Å². The second kappa shape index (κ2) is 4.36. The first kappa shape index (κ1) is 10.1. The highest BCUT2D eigenvalue weighted by molar-refractivity contribution is 5.22. The monoisotopic (exact) mass is 196 g/mol. The topological polar surface area (TPSA) is 0 Å². The molecule has 1 aromatic rings. The molecule has 1 aliphatic carbocycles. The normalized spacial score (nSPS) is 23.1. The van der Waals surface area contributed by atoms with Gasteiger partial charge in [-0.25, -0.2) is 0 Å². The van der Waals surface area contributed by atoms with Crippen molar-refractivity contribution in [1.29, 1.82) is 0 Å². The van der Waals surface area contributed by atoms with Crippen LogP contribution >= 0.6 is 0 Å². The second-order valence-corrected chi connectivity index (χ2v) is 4.26. The average Bonchev–Trinajstić information content (AvgIpc) is 3.06. The van der Waals surface area contributed by atoms with Crippen LogP contribution < -0.4 is 0 Å². The van der Waals surface area contributed by atoms with Crippen LogP contribution in [0.5, 0.6) is 0 Å². The highest BCUT2D eigenvalue weighted by atomic mass is 14.4. The number of allylic oxidation sites excluding steroid dienone is 1. The molecule has 1 aromatic carbocycles. The molecule has 0 amide bonds. The summed E-state index contributed by atoms with van der Waals surface area (Å²) in [5.41, 5.74) is 2.72. The average molecular weight is 196 g/mol. The molecule has 1 fully saturated rings. The maximum absolute atomic E-state index is 5.38. The van der Waals surface area contributed by atoms with Gasteiger partial charge < -0.3 is 0 Å². The van der Waals surface area contributed by atoms with Gasteiger partial charge in [-0.1, -0.05) is 42.5 Å². The number of hydrogen-bond acceptors (Lipinski definition) is 0. The molecule has 0 aromatic heterocycles. The lowest BCUT2D eigenvalue weighted by Crippen LogP contribution is -1.91. The van der Waals surface area contributed by atoms with E-state index in [1.807, 2.05) is 6.07 Å². The van der Waals surface area contributed by atoms with E-state index in [0.717, 1.165) is 19.3 Å². The fraction of sp³-hybridized carbons (Fsp3) is 0.333. The molecule has 0 heteroatoms. The van der Waals surface area contributed by atoms with E-state index >= 15 is 0 Å². The van der Waals surface area contributed by atoms with Crippen LogP contribution in [0, 0.1) is 24.2 Å². The Morgan fingerprint density at radius 2 is 2.13 bits per heavy atom. The summed E-state index contributed by atoms with van der Waals surface area (Å²) in [5, 5.41) is 0. The first-order valence-electron chi connectivity index (χ1n) is 5.49. The third-order valence-electron chi connectivity index (χ3n) is 3.11. The molecule has 0 spiro atoms. The summed E-state index contributed by atoms with van der Waals surface area (Å²) < 4.78 is 0. The molecule has 0 radical (unpaired) electrons. The largest absolute Gasteiger partial charge is 0.120 e. The molecule has 0 saturated heterocycles. The van der Waals surface area contributed by atoms with Crippen molar-refractivity contribution in [2.75, 3.05) is 0 Å². The standard InChI is InChI=1S/C15H16/c1-3-14-11-15(14)12(2)9-10-13-7-5-4-6-8-13/h1,4-8,14-15H,2,9-11H2/t14-,15-/m0/s1. The molecular formula is C15H16. The van der Waals surface area contributed by atoms with Gasteiger partial charge in [0, 0.05) is 5.92 Å². The van der Waals surface area contributed by atoms with Crippen LogP contribution in [0.2, 0.25) is 0 Å². The SMILES string of the molecule is C#C[C@H]1C[C@H]1C(=C)CCc1ccccc1. The highest BCUT2D eigenvalue weighted by Gasteiger charge is 2.36. The summed E-state index contributed by atoms with van der Waals surface area (Å²) in [6, 6.07) is 10.5. The van der Waals surface area contributed by atoms with Crippen LogP contribution in [0.4, 0.5) is 0 Å². The molecule has 76 valence electrons. The lowest BCUT2D eigenvalue weighted by Gasteiger charge is -2.03. The first-order valence-corrected chi connectivity index (χ1v) is 5.49. The van der Waals surface area contributed by atoms with Crippen molar-refractivity contribution in [2.45, 2.75) is 19.3 Å². The van der Waals surface area contributed by atoms with E-state index in [9.17, 15) is 0 Å². The zero-order valence-corrected chi connectivity index (χ0v) is 8.95. The smallest absolute Gasteiger partial charge is 0.0272 e. The Morgan fingerprint density at radius 1 is 1.40 bits per heavy atom. The number of terminal acetylenes is 1. The summed E-state index contributed by atoms with van der Waals surface area (Å²) in [6.45, 7) is 4.13. The molecule has 0 aliphatic heterocycles. The van der Waals surface area contributed by atoms with Gasteiger partial charge in [0.25, 0.3) is 0 Å². The maximum atomic E-state index is 5.38. The zero-order valence-electron chi connectivity index (χ0n) is 8.95. The van der Waals surface area contributed by atoms with Crippen LogP contribution in [-0.4, -0.2) is 0 Å². The molecule has 15 heavy (non-hydrogen) atoms. The van der Waals surface area contributed by atoms with Crippen molar-refractivity contribution in [3.05, 3.63) is 48.0 Å². The van der Waals surface area contributed by atoms with Crippen molar-refractivity contribution in [2.24, 2.45) is 11.8 Å². The predicted molar refractivity (Wildman–Crippen MR) is 64.3 cm³/mol. The van der Waals surface area contributed by atoms with E-state index < -0.39 is 0 Å². The number of hydrogen-bond donors (Lipinski definition) is 0. The van der Waals surface area contributed by atoms with Crippen LogP contribution in [0.3, 0.4) is 0 Å². The van der Waals surface area contributed by atoms with Gasteiger partial charge in [0.15, 0.2) is 0 Å². The Kier molecular flexibility index (Phi) is 2.92. The van der Waals surface area contributed by atoms with Crippen LogP contribution in [0.15, 0.2) is 42.5 Å². The van der Waals surface area contributed by atoms with Gasteiger partial charge in [0.1, 0.15) is 0 Å². The Hall–Kier alpha value is -1.48. The first-order chi connectivity index (χ1) is 7.31. The van der Waals surface area contributed by atoms with Gasteiger partial charge in [-0.2, -0.15) is 0 Å². The molecule has 1 aliphatic rings. The van der Waals surface area contributed by atoms with Crippen LogP contribution in [0.1, 0.15) is 18.4 Å².